The predicted octanol–water partition coefficient (Wildman–Crippen LogP) is 1.44. The van der Waals surface area contributed by atoms with Gasteiger partial charge in [0.05, 0.1) is 6.04 Å². The molecule has 2 unspecified atom stereocenters. The maximum atomic E-state index is 14.2. The quantitative estimate of drug-likeness (QED) is 0.330. The second-order valence-corrected chi connectivity index (χ2v) is 14.8. The summed E-state index contributed by atoms with van der Waals surface area (Å²) in [7, 11) is 2.06. The van der Waals surface area contributed by atoms with Crippen LogP contribution in [0, 0.1) is 11.3 Å². The van der Waals surface area contributed by atoms with E-state index in [2.05, 4.69) is 27.9 Å². The van der Waals surface area contributed by atoms with E-state index in [1.807, 2.05) is 41.5 Å². The molecule has 4 rings (SSSR count). The number of urea groups is 1. The molecule has 2 heterocycles. The molecular weight excluding hydrogens is 512 g/mol. The van der Waals surface area contributed by atoms with Gasteiger partial charge < -0.3 is 26.6 Å². The summed E-state index contributed by atoms with van der Waals surface area (Å²) >= 11 is 0. The second-order valence-electron chi connectivity index (χ2n) is 14.8. The number of likely N-dealkylation sites (N-methyl/N-ethyl adjacent to an activating group) is 1. The molecule has 5 N–H and O–H groups in total. The van der Waals surface area contributed by atoms with Crippen LogP contribution in [-0.4, -0.2) is 87.7 Å². The largest absolute Gasteiger partial charge is 0.363 e. The van der Waals surface area contributed by atoms with E-state index in [1.54, 1.807) is 4.90 Å². The van der Waals surface area contributed by atoms with Crippen molar-refractivity contribution in [1.29, 1.82) is 0 Å². The highest BCUT2D eigenvalue weighted by Crippen LogP contribution is 2.62. The third-order valence-electron chi connectivity index (χ3n) is 9.45. The molecule has 2 saturated heterocycles. The molecule has 0 aromatic carbocycles. The number of ketones is 1. The molecule has 0 aromatic heterocycles. The van der Waals surface area contributed by atoms with E-state index in [1.165, 1.54) is 0 Å². The smallest absolute Gasteiger partial charge is 0.315 e. The lowest BCUT2D eigenvalue weighted by molar-refractivity contribution is -0.144. The topological polar surface area (TPSA) is 154 Å². The molecule has 2 saturated carbocycles. The summed E-state index contributed by atoms with van der Waals surface area (Å²) in [6.45, 7) is 11.6. The van der Waals surface area contributed by atoms with E-state index in [9.17, 15) is 24.0 Å². The Balaban J connectivity index is 1.59. The molecule has 2 aliphatic heterocycles. The summed E-state index contributed by atoms with van der Waals surface area (Å²) in [6, 6.07) is -3.20. The lowest BCUT2D eigenvalue weighted by Crippen LogP contribution is -2.67. The molecule has 2 aliphatic carbocycles. The van der Waals surface area contributed by atoms with Crippen LogP contribution in [0.1, 0.15) is 92.9 Å². The van der Waals surface area contributed by atoms with E-state index in [-0.39, 0.29) is 22.9 Å². The van der Waals surface area contributed by atoms with E-state index in [4.69, 9.17) is 5.73 Å². The van der Waals surface area contributed by atoms with Gasteiger partial charge in [-0.2, -0.15) is 0 Å². The number of nitrogens with zero attached hydrogens (tertiary/aromatic N) is 2. The average molecular weight is 561 g/mol. The van der Waals surface area contributed by atoms with E-state index >= 15 is 0 Å². The van der Waals surface area contributed by atoms with Crippen molar-refractivity contribution >= 4 is 29.5 Å². The number of rotatable bonds is 8. The van der Waals surface area contributed by atoms with Crippen LogP contribution in [0.5, 0.6) is 0 Å². The molecular formula is C29H48N6O5. The number of amides is 5. The maximum Gasteiger partial charge on any atom is 0.315 e. The molecule has 0 bridgehead atoms. The van der Waals surface area contributed by atoms with Gasteiger partial charge in [0.1, 0.15) is 12.1 Å². The van der Waals surface area contributed by atoms with Crippen molar-refractivity contribution in [1.82, 2.24) is 25.8 Å². The minimum absolute atomic E-state index is 0.156. The van der Waals surface area contributed by atoms with Gasteiger partial charge >= 0.3 is 6.03 Å². The highest BCUT2D eigenvalue weighted by molar-refractivity contribution is 6.37. The Hall–Kier alpha value is -2.69. The summed E-state index contributed by atoms with van der Waals surface area (Å²) in [5.41, 5.74) is 4.00. The molecule has 11 nitrogen and oxygen atoms in total. The van der Waals surface area contributed by atoms with Crippen LogP contribution in [0.25, 0.3) is 0 Å². The van der Waals surface area contributed by atoms with Crippen LogP contribution in [-0.2, 0) is 19.2 Å². The van der Waals surface area contributed by atoms with E-state index < -0.39 is 52.7 Å². The Morgan fingerprint density at radius 1 is 0.975 bits per heavy atom. The van der Waals surface area contributed by atoms with Gasteiger partial charge in [-0.25, -0.2) is 4.79 Å². The predicted molar refractivity (Wildman–Crippen MR) is 150 cm³/mol. The lowest BCUT2D eigenvalue weighted by atomic mass is 9.75. The number of primary amides is 1. The molecule has 4 aliphatic rings. The zero-order chi connectivity index (χ0) is 29.8. The fourth-order valence-corrected chi connectivity index (χ4v) is 6.77. The third-order valence-corrected chi connectivity index (χ3v) is 9.45. The van der Waals surface area contributed by atoms with Gasteiger partial charge in [-0.1, -0.05) is 40.0 Å². The third kappa shape index (κ3) is 5.99. The first kappa shape index (κ1) is 30.3. The van der Waals surface area contributed by atoms with Crippen LogP contribution in [0.4, 0.5) is 4.79 Å². The molecule has 224 valence electrons. The van der Waals surface area contributed by atoms with Crippen LogP contribution in [0.3, 0.4) is 0 Å². The number of carbonyl (C=O) groups is 5. The first-order valence-electron chi connectivity index (χ1n) is 14.6. The average Bonchev–Trinajstić information content (AvgIpc) is 3.49. The van der Waals surface area contributed by atoms with Crippen LogP contribution in [0.2, 0.25) is 0 Å². The Morgan fingerprint density at radius 3 is 2.05 bits per heavy atom. The SMILES string of the molecule is CN1C2(CC2)CC12C[C@@H](C(=O)NC(CC1CCC1)C(=O)C(N)=O)N(C(=O)[C@@H](NC(=O)NC(C)(C)C)C(C)(C)C)C2. The molecule has 4 fully saturated rings. The standard InChI is InChI=1S/C29H48N6O5/c1-26(2,3)21(32-25(40)33-27(4,5)6)24(39)35-16-29(15-28(11-12-28)34(29)7)14-19(35)23(38)31-18(20(36)22(30)37)13-17-9-8-10-17/h17-19,21H,8-16H2,1-7H3,(H2,30,37)(H,31,38)(H2,32,33,40)/t18?,19-,21+,29?/m0/s1. The van der Waals surface area contributed by atoms with Gasteiger partial charge in [-0.15, -0.1) is 0 Å². The Bertz CT molecular complexity index is 1070. The first-order valence-corrected chi connectivity index (χ1v) is 14.6. The molecule has 2 spiro atoms. The molecule has 0 aromatic rings. The number of nitrogens with two attached hydrogens (primary N) is 1. The van der Waals surface area contributed by atoms with Gasteiger partial charge in [-0.3, -0.25) is 24.1 Å². The van der Waals surface area contributed by atoms with Gasteiger partial charge in [0.15, 0.2) is 0 Å². The lowest BCUT2D eigenvalue weighted by Gasteiger charge is -2.56. The number of carbonyl (C=O) groups excluding carboxylic acids is 5. The number of Topliss-reactive ketones (excluding diaryl/α,β-unsaturated/α-hetero) is 1. The summed E-state index contributed by atoms with van der Waals surface area (Å²) in [5, 5.41) is 8.53. The Kier molecular flexibility index (Phi) is 7.79. The highest BCUT2D eigenvalue weighted by atomic mass is 16.2. The molecule has 11 heteroatoms. The van der Waals surface area contributed by atoms with Crippen LogP contribution < -0.4 is 21.7 Å². The monoisotopic (exact) mass is 560 g/mol. The van der Waals surface area contributed by atoms with Gasteiger partial charge in [0, 0.05) is 23.2 Å². The zero-order valence-corrected chi connectivity index (χ0v) is 25.2. The molecule has 40 heavy (non-hydrogen) atoms. The van der Waals surface area contributed by atoms with Crippen molar-refractivity contribution in [3.63, 3.8) is 0 Å². The van der Waals surface area contributed by atoms with Gasteiger partial charge in [-0.05, 0) is 71.3 Å². The van der Waals surface area contributed by atoms with Gasteiger partial charge in [0.2, 0.25) is 17.6 Å². The van der Waals surface area contributed by atoms with E-state index in [0.717, 1.165) is 38.5 Å². The van der Waals surface area contributed by atoms with Gasteiger partial charge in [0.25, 0.3) is 5.91 Å². The Morgan fingerprint density at radius 2 is 1.60 bits per heavy atom. The molecule has 5 amide bonds. The normalized spacial score (nSPS) is 27.4. The Labute approximate surface area is 237 Å². The van der Waals surface area contributed by atoms with E-state index in [0.29, 0.717) is 19.4 Å². The molecule has 4 atom stereocenters. The fourth-order valence-electron chi connectivity index (χ4n) is 6.77. The molecule has 0 radical (unpaired) electrons. The van der Waals surface area contributed by atoms with Crippen molar-refractivity contribution in [2.24, 2.45) is 17.1 Å². The van der Waals surface area contributed by atoms with Crippen LogP contribution >= 0.6 is 0 Å². The van der Waals surface area contributed by atoms with Crippen molar-refractivity contribution in [3.8, 4) is 0 Å². The summed E-state index contributed by atoms with van der Waals surface area (Å²) in [5.74, 6) is -2.42. The summed E-state index contributed by atoms with van der Waals surface area (Å²) in [6.07, 6.45) is 6.83. The second kappa shape index (κ2) is 10.3. The number of likely N-dealkylation sites (tertiary alicyclic amines) is 2. The zero-order valence-electron chi connectivity index (χ0n) is 25.2. The minimum Gasteiger partial charge on any atom is -0.363 e. The fraction of sp³-hybridized carbons (Fsp3) is 0.828. The number of hydrogen-bond acceptors (Lipinski definition) is 6. The highest BCUT2D eigenvalue weighted by Gasteiger charge is 2.69. The van der Waals surface area contributed by atoms with Crippen molar-refractivity contribution in [3.05, 3.63) is 0 Å². The van der Waals surface area contributed by atoms with Crippen molar-refractivity contribution < 1.29 is 24.0 Å². The minimum atomic E-state index is -1.07. The first-order chi connectivity index (χ1) is 18.4. The summed E-state index contributed by atoms with van der Waals surface area (Å²) < 4.78 is 0. The maximum absolute atomic E-state index is 14.2. The number of hydrogen-bond donors (Lipinski definition) is 4. The van der Waals surface area contributed by atoms with Crippen LogP contribution in [0.15, 0.2) is 0 Å². The van der Waals surface area contributed by atoms with Crippen molar-refractivity contribution in [2.75, 3.05) is 13.6 Å². The number of nitrogens with one attached hydrogen (secondary N) is 3. The summed E-state index contributed by atoms with van der Waals surface area (Å²) in [4.78, 5) is 69.3. The van der Waals surface area contributed by atoms with Crippen molar-refractivity contribution in [2.45, 2.75) is 128 Å².